The fourth-order valence-electron chi connectivity index (χ4n) is 7.28. The Morgan fingerprint density at radius 1 is 0.426 bits per heavy atom. The molecule has 12 heteroatoms. The molecule has 0 saturated carbocycles. The Bertz CT molecular complexity index is 1370. The number of hydrogen-bond donors (Lipinski definition) is 2. The van der Waals surface area contributed by atoms with Gasteiger partial charge in [0.15, 0.2) is 6.10 Å². The van der Waals surface area contributed by atoms with Gasteiger partial charge in [-0.2, -0.15) is 0 Å². The van der Waals surface area contributed by atoms with Gasteiger partial charge in [0.25, 0.3) is 0 Å². The zero-order valence-electron chi connectivity index (χ0n) is 43.3. The average molecular weight is 979 g/mol. The molecule has 0 aliphatic heterocycles. The minimum atomic E-state index is -4.74. The molecule has 0 bridgehead atoms. The van der Waals surface area contributed by atoms with Crippen LogP contribution in [0.25, 0.3) is 0 Å². The lowest BCUT2D eigenvalue weighted by atomic mass is 10.1. The third-order valence-electron chi connectivity index (χ3n) is 11.4. The number of phosphoric ester groups is 1. The molecule has 0 rings (SSSR count). The van der Waals surface area contributed by atoms with Crippen molar-refractivity contribution in [1.29, 1.82) is 0 Å². The number of esters is 3. The summed E-state index contributed by atoms with van der Waals surface area (Å²) in [6, 6.07) is 0. The van der Waals surface area contributed by atoms with E-state index in [2.05, 4.69) is 81.5 Å². The summed E-state index contributed by atoms with van der Waals surface area (Å²) in [5.41, 5.74) is 0. The number of aliphatic hydroxyl groups is 1. The van der Waals surface area contributed by atoms with Gasteiger partial charge in [-0.3, -0.25) is 23.4 Å². The van der Waals surface area contributed by atoms with Crippen LogP contribution in [0.4, 0.5) is 0 Å². The predicted molar refractivity (Wildman–Crippen MR) is 279 cm³/mol. The number of unbranched alkanes of at least 4 members (excludes halogenated alkanes) is 23. The van der Waals surface area contributed by atoms with Crippen molar-refractivity contribution < 1.29 is 52.2 Å². The maximum absolute atomic E-state index is 12.8. The van der Waals surface area contributed by atoms with Crippen LogP contribution in [-0.2, 0) is 42.2 Å². The summed E-state index contributed by atoms with van der Waals surface area (Å²) in [5.74, 6) is -1.49. The molecule has 0 aliphatic rings. The monoisotopic (exact) mass is 979 g/mol. The van der Waals surface area contributed by atoms with Crippen LogP contribution in [0.1, 0.15) is 239 Å². The number of phosphoric acid groups is 1. The van der Waals surface area contributed by atoms with E-state index in [1.807, 2.05) is 0 Å². The molecule has 0 aromatic rings. The van der Waals surface area contributed by atoms with Gasteiger partial charge >= 0.3 is 25.7 Å². The highest BCUT2D eigenvalue weighted by molar-refractivity contribution is 7.47. The Hall–Kier alpha value is -2.82. The number of carbonyl (C=O) groups excluding carboxylic acids is 3. The van der Waals surface area contributed by atoms with Crippen molar-refractivity contribution in [2.24, 2.45) is 0 Å². The van der Waals surface area contributed by atoms with E-state index in [0.717, 1.165) is 122 Å². The SMILES string of the molecule is CC/C=C\C/C=C\C/C=C\C/C=C\CCCCCCCCC(=O)OCC(COP(=O)(O)OCC(CO)OC(=O)CCCCCCCCCCC)OC(=O)CCCCCCC/C=C\CCCCCC. The lowest BCUT2D eigenvalue weighted by Gasteiger charge is -2.21. The average Bonchev–Trinajstić information content (AvgIpc) is 3.32. The number of hydrogen-bond acceptors (Lipinski definition) is 10. The zero-order chi connectivity index (χ0) is 49.9. The van der Waals surface area contributed by atoms with E-state index in [-0.39, 0.29) is 25.9 Å². The van der Waals surface area contributed by atoms with Crippen molar-refractivity contribution in [3.63, 3.8) is 0 Å². The molecule has 0 aromatic carbocycles. The maximum atomic E-state index is 12.8. The van der Waals surface area contributed by atoms with Crippen LogP contribution in [0.3, 0.4) is 0 Å². The first kappa shape index (κ1) is 65.2. The van der Waals surface area contributed by atoms with Gasteiger partial charge in [-0.25, -0.2) is 4.57 Å². The molecule has 0 aromatic heterocycles. The van der Waals surface area contributed by atoms with Gasteiger partial charge < -0.3 is 24.2 Å². The quantitative estimate of drug-likeness (QED) is 0.0197. The Morgan fingerprint density at radius 2 is 0.765 bits per heavy atom. The summed E-state index contributed by atoms with van der Waals surface area (Å²) in [4.78, 5) is 48.3. The van der Waals surface area contributed by atoms with Gasteiger partial charge in [-0.05, 0) is 83.5 Å². The molecule has 0 heterocycles. The second-order valence-corrected chi connectivity index (χ2v) is 19.5. The third kappa shape index (κ3) is 48.2. The van der Waals surface area contributed by atoms with Crippen molar-refractivity contribution in [2.75, 3.05) is 26.4 Å². The topological polar surface area (TPSA) is 155 Å². The highest BCUT2D eigenvalue weighted by Crippen LogP contribution is 2.43. The maximum Gasteiger partial charge on any atom is 0.472 e. The van der Waals surface area contributed by atoms with Gasteiger partial charge in [0.05, 0.1) is 19.8 Å². The van der Waals surface area contributed by atoms with E-state index >= 15 is 0 Å². The second kappa shape index (κ2) is 50.6. The minimum absolute atomic E-state index is 0.154. The van der Waals surface area contributed by atoms with Crippen LogP contribution in [0, 0.1) is 0 Å². The molecule has 0 saturated heterocycles. The standard InChI is InChI=1S/C56H99O11P/c1-4-7-10-13-16-19-21-23-24-25-26-27-28-30-31-34-36-39-42-45-54(58)63-49-53(67-56(60)47-44-41-38-35-32-29-22-20-17-14-11-8-5-2)51-65-68(61,62)64-50-52(48-57)66-55(59)46-43-40-37-33-18-15-12-9-6-3/h7,10,16,19-20,22-24,26-27,52-53,57H,4-6,8-9,11-15,17-18,21,25,28-51H2,1-3H3,(H,61,62)/b10-7-,19-16-,22-20-,24-23-,27-26-. The lowest BCUT2D eigenvalue weighted by molar-refractivity contribution is -0.161. The summed E-state index contributed by atoms with van der Waals surface area (Å²) in [7, 11) is -4.74. The minimum Gasteiger partial charge on any atom is -0.462 e. The Labute approximate surface area is 415 Å². The third-order valence-corrected chi connectivity index (χ3v) is 12.4. The van der Waals surface area contributed by atoms with E-state index in [1.165, 1.54) is 57.8 Å². The van der Waals surface area contributed by atoms with Gasteiger partial charge in [-0.15, -0.1) is 0 Å². The molecule has 0 spiro atoms. The highest BCUT2D eigenvalue weighted by Gasteiger charge is 2.28. The van der Waals surface area contributed by atoms with E-state index in [0.29, 0.717) is 19.3 Å². The van der Waals surface area contributed by atoms with Gasteiger partial charge in [0.1, 0.15) is 12.7 Å². The Kier molecular flexibility index (Phi) is 48.5. The van der Waals surface area contributed by atoms with Crippen LogP contribution >= 0.6 is 7.82 Å². The van der Waals surface area contributed by atoms with Gasteiger partial charge in [0, 0.05) is 19.3 Å². The predicted octanol–water partition coefficient (Wildman–Crippen LogP) is 15.6. The van der Waals surface area contributed by atoms with Crippen LogP contribution in [-0.4, -0.2) is 66.5 Å². The fourth-order valence-corrected chi connectivity index (χ4v) is 8.07. The molecular weight excluding hydrogens is 880 g/mol. The lowest BCUT2D eigenvalue weighted by Crippen LogP contribution is -2.30. The van der Waals surface area contributed by atoms with Crippen LogP contribution in [0.5, 0.6) is 0 Å². The van der Waals surface area contributed by atoms with Crippen molar-refractivity contribution in [2.45, 2.75) is 251 Å². The first-order valence-corrected chi connectivity index (χ1v) is 28.7. The molecule has 394 valence electrons. The molecule has 0 aliphatic carbocycles. The molecule has 3 unspecified atom stereocenters. The van der Waals surface area contributed by atoms with Crippen LogP contribution < -0.4 is 0 Å². The number of allylic oxidation sites excluding steroid dienone is 10. The van der Waals surface area contributed by atoms with E-state index < -0.39 is 57.8 Å². The smallest absolute Gasteiger partial charge is 0.462 e. The largest absolute Gasteiger partial charge is 0.472 e. The van der Waals surface area contributed by atoms with Gasteiger partial charge in [0.2, 0.25) is 0 Å². The van der Waals surface area contributed by atoms with Crippen molar-refractivity contribution in [1.82, 2.24) is 0 Å². The van der Waals surface area contributed by atoms with E-state index in [1.54, 1.807) is 0 Å². The summed E-state index contributed by atoms with van der Waals surface area (Å²) in [6.07, 6.45) is 53.3. The fraction of sp³-hybridized carbons (Fsp3) is 0.768. The molecule has 3 atom stereocenters. The number of ether oxygens (including phenoxy) is 3. The van der Waals surface area contributed by atoms with Crippen LogP contribution in [0.15, 0.2) is 60.8 Å². The normalized spacial score (nSPS) is 13.9. The van der Waals surface area contributed by atoms with E-state index in [9.17, 15) is 28.9 Å². The van der Waals surface area contributed by atoms with E-state index in [4.69, 9.17) is 23.3 Å². The van der Waals surface area contributed by atoms with Crippen LogP contribution in [0.2, 0.25) is 0 Å². The second-order valence-electron chi connectivity index (χ2n) is 18.0. The first-order valence-electron chi connectivity index (χ1n) is 27.2. The first-order chi connectivity index (χ1) is 33.2. The molecule has 0 fully saturated rings. The molecule has 68 heavy (non-hydrogen) atoms. The van der Waals surface area contributed by atoms with Crippen molar-refractivity contribution in [3.05, 3.63) is 60.8 Å². The number of aliphatic hydroxyl groups excluding tert-OH is 1. The molecule has 11 nitrogen and oxygen atoms in total. The summed E-state index contributed by atoms with van der Waals surface area (Å²) in [6.45, 7) is 4.46. The molecule has 0 amide bonds. The molecular formula is C56H99O11P. The van der Waals surface area contributed by atoms with Crippen molar-refractivity contribution >= 4 is 25.7 Å². The summed E-state index contributed by atoms with van der Waals surface area (Å²) >= 11 is 0. The van der Waals surface area contributed by atoms with Gasteiger partial charge in [-0.1, -0.05) is 197 Å². The number of carbonyl (C=O) groups is 3. The summed E-state index contributed by atoms with van der Waals surface area (Å²) < 4.78 is 39.3. The summed E-state index contributed by atoms with van der Waals surface area (Å²) in [5, 5.41) is 9.75. The zero-order valence-corrected chi connectivity index (χ0v) is 44.2. The molecule has 0 radical (unpaired) electrons. The highest BCUT2D eigenvalue weighted by atomic mass is 31.2. The Balaban J connectivity index is 4.73. The van der Waals surface area contributed by atoms with Crippen molar-refractivity contribution in [3.8, 4) is 0 Å². The molecule has 2 N–H and O–H groups in total. The number of rotatable bonds is 50. The Morgan fingerprint density at radius 3 is 1.21 bits per heavy atom.